The van der Waals surface area contributed by atoms with Crippen LogP contribution in [0.5, 0.6) is 0 Å². The van der Waals surface area contributed by atoms with E-state index in [1.165, 1.54) is 38.2 Å². The Balaban J connectivity index is 2.00. The Kier molecular flexibility index (Phi) is 4.33. The van der Waals surface area contributed by atoms with Gasteiger partial charge in [-0.1, -0.05) is 37.8 Å². The van der Waals surface area contributed by atoms with Gasteiger partial charge in [-0.2, -0.15) is 0 Å². The number of carbonyl (C=O) groups is 1. The minimum Gasteiger partial charge on any atom is -0.477 e. The van der Waals surface area contributed by atoms with Gasteiger partial charge in [0.15, 0.2) is 0 Å². The lowest BCUT2D eigenvalue weighted by atomic mass is 9.81. The maximum Gasteiger partial charge on any atom is 0.352 e. The number of rotatable bonds is 4. The number of aromatic nitrogens is 1. The third-order valence-electron chi connectivity index (χ3n) is 4.08. The number of carboxylic acids is 1. The van der Waals surface area contributed by atoms with Gasteiger partial charge in [0.1, 0.15) is 5.69 Å². The number of nitrogens with zero attached hydrogens (tertiary/aromatic N) is 1. The fraction of sp³-hybridized carbons (Fsp3) is 0.643. The summed E-state index contributed by atoms with van der Waals surface area (Å²) in [5.74, 6) is 0.562. The molecule has 0 saturated heterocycles. The van der Waals surface area contributed by atoms with E-state index >= 15 is 0 Å². The maximum atomic E-state index is 11.1. The first-order valence-corrected chi connectivity index (χ1v) is 7.07. The van der Waals surface area contributed by atoms with Gasteiger partial charge in [0, 0.05) is 12.7 Å². The summed E-state index contributed by atoms with van der Waals surface area (Å²) < 4.78 is 1.79. The molecule has 1 aromatic heterocycles. The van der Waals surface area contributed by atoms with Crippen molar-refractivity contribution in [1.29, 1.82) is 0 Å². The van der Waals surface area contributed by atoms with Crippen LogP contribution in [0.3, 0.4) is 0 Å². The van der Waals surface area contributed by atoms with Crippen LogP contribution in [0.25, 0.3) is 0 Å². The summed E-state index contributed by atoms with van der Waals surface area (Å²) in [5, 5.41) is 9.62. The predicted octanol–water partition coefficient (Wildman–Crippen LogP) is 4.06. The molecule has 0 aromatic carbocycles. The zero-order chi connectivity index (χ0) is 13.1. The van der Waals surface area contributed by atoms with Crippen molar-refractivity contribution in [1.82, 2.24) is 4.57 Å². The Morgan fingerprint density at radius 2 is 2.00 bits per heavy atom. The molecule has 1 N–H and O–H groups in total. The van der Waals surface area contributed by atoms with Crippen LogP contribution in [0.15, 0.2) is 12.3 Å². The molecule has 0 spiro atoms. The highest BCUT2D eigenvalue weighted by molar-refractivity contribution is 6.30. The number of aromatic carboxylic acids is 1. The van der Waals surface area contributed by atoms with Crippen molar-refractivity contribution in [2.24, 2.45) is 11.8 Å². The Bertz CT molecular complexity index is 419. The second-order valence-corrected chi connectivity index (χ2v) is 5.73. The highest BCUT2D eigenvalue weighted by Gasteiger charge is 2.22. The molecule has 0 atom stereocenters. The lowest BCUT2D eigenvalue weighted by Gasteiger charge is -2.28. The molecule has 0 unspecified atom stereocenters. The number of carboxylic acid groups (broad SMARTS) is 1. The van der Waals surface area contributed by atoms with Crippen molar-refractivity contribution < 1.29 is 9.90 Å². The third kappa shape index (κ3) is 3.08. The summed E-state index contributed by atoms with van der Waals surface area (Å²) in [4.78, 5) is 11.1. The Morgan fingerprint density at radius 3 is 2.56 bits per heavy atom. The van der Waals surface area contributed by atoms with Gasteiger partial charge in [0.25, 0.3) is 0 Å². The van der Waals surface area contributed by atoms with E-state index in [0.717, 1.165) is 12.5 Å². The van der Waals surface area contributed by atoms with Crippen LogP contribution in [-0.2, 0) is 6.54 Å². The SMILES string of the molecule is CCC1CCC(Cn2cc(Cl)cc2C(=O)O)CC1. The number of hydrogen-bond donors (Lipinski definition) is 1. The average Bonchev–Trinajstić information content (AvgIpc) is 2.71. The molecule has 18 heavy (non-hydrogen) atoms. The van der Waals surface area contributed by atoms with Gasteiger partial charge < -0.3 is 9.67 Å². The largest absolute Gasteiger partial charge is 0.477 e. The highest BCUT2D eigenvalue weighted by atomic mass is 35.5. The standard InChI is InChI=1S/C14H20ClNO2/c1-2-10-3-5-11(6-4-10)8-16-9-12(15)7-13(16)14(17)18/h7,9-11H,2-6,8H2,1H3,(H,17,18). The van der Waals surface area contributed by atoms with Crippen LogP contribution in [-0.4, -0.2) is 15.6 Å². The summed E-state index contributed by atoms with van der Waals surface area (Å²) in [6.07, 6.45) is 7.96. The molecule has 1 aliphatic carbocycles. The van der Waals surface area contributed by atoms with Crippen molar-refractivity contribution >= 4 is 17.6 Å². The van der Waals surface area contributed by atoms with Crippen molar-refractivity contribution in [3.63, 3.8) is 0 Å². The maximum absolute atomic E-state index is 11.1. The Labute approximate surface area is 113 Å². The first kappa shape index (κ1) is 13.5. The van der Waals surface area contributed by atoms with Crippen molar-refractivity contribution in [3.8, 4) is 0 Å². The van der Waals surface area contributed by atoms with Gasteiger partial charge in [0.2, 0.25) is 0 Å². The fourth-order valence-electron chi connectivity index (χ4n) is 2.91. The summed E-state index contributed by atoms with van der Waals surface area (Å²) in [6, 6.07) is 1.53. The van der Waals surface area contributed by atoms with Crippen molar-refractivity contribution in [2.75, 3.05) is 0 Å². The van der Waals surface area contributed by atoms with Gasteiger partial charge in [-0.05, 0) is 30.7 Å². The third-order valence-corrected chi connectivity index (χ3v) is 4.29. The molecule has 0 bridgehead atoms. The predicted molar refractivity (Wildman–Crippen MR) is 72.1 cm³/mol. The van der Waals surface area contributed by atoms with Crippen LogP contribution in [0, 0.1) is 11.8 Å². The van der Waals surface area contributed by atoms with Gasteiger partial charge in [-0.15, -0.1) is 0 Å². The monoisotopic (exact) mass is 269 g/mol. The molecule has 0 aliphatic heterocycles. The van der Waals surface area contributed by atoms with Crippen LogP contribution in [0.1, 0.15) is 49.5 Å². The average molecular weight is 270 g/mol. The van der Waals surface area contributed by atoms with Gasteiger partial charge in [-0.25, -0.2) is 4.79 Å². The molecule has 0 radical (unpaired) electrons. The van der Waals surface area contributed by atoms with E-state index in [1.807, 2.05) is 0 Å². The summed E-state index contributed by atoms with van der Waals surface area (Å²) in [5.41, 5.74) is 0.303. The molecule has 1 aliphatic rings. The molecule has 2 rings (SSSR count). The molecule has 4 heteroatoms. The molecule has 1 heterocycles. The summed E-state index contributed by atoms with van der Waals surface area (Å²) in [6.45, 7) is 3.03. The minimum absolute atomic E-state index is 0.303. The molecule has 3 nitrogen and oxygen atoms in total. The van der Waals surface area contributed by atoms with Crippen LogP contribution >= 0.6 is 11.6 Å². The summed E-state index contributed by atoms with van der Waals surface area (Å²) >= 11 is 5.89. The Hall–Kier alpha value is -0.960. The first-order valence-electron chi connectivity index (χ1n) is 6.69. The molecule has 1 aromatic rings. The minimum atomic E-state index is -0.899. The quantitative estimate of drug-likeness (QED) is 0.896. The molecule has 1 fully saturated rings. The van der Waals surface area contributed by atoms with Crippen LogP contribution < -0.4 is 0 Å². The van der Waals surface area contributed by atoms with E-state index < -0.39 is 5.97 Å². The van der Waals surface area contributed by atoms with Crippen molar-refractivity contribution in [3.05, 3.63) is 23.0 Å². The topological polar surface area (TPSA) is 42.2 Å². The zero-order valence-electron chi connectivity index (χ0n) is 10.7. The van der Waals surface area contributed by atoms with E-state index in [2.05, 4.69) is 6.92 Å². The molecular formula is C14H20ClNO2. The molecule has 0 amide bonds. The van der Waals surface area contributed by atoms with E-state index in [0.29, 0.717) is 16.6 Å². The smallest absolute Gasteiger partial charge is 0.352 e. The number of hydrogen-bond acceptors (Lipinski definition) is 1. The van der Waals surface area contributed by atoms with Gasteiger partial charge >= 0.3 is 5.97 Å². The fourth-order valence-corrected chi connectivity index (χ4v) is 3.13. The van der Waals surface area contributed by atoms with Crippen LogP contribution in [0.2, 0.25) is 5.02 Å². The first-order chi connectivity index (χ1) is 8.60. The lowest BCUT2D eigenvalue weighted by molar-refractivity contribution is 0.0683. The van der Waals surface area contributed by atoms with Crippen LogP contribution in [0.4, 0.5) is 0 Å². The normalized spacial score (nSPS) is 24.1. The molecule has 100 valence electrons. The number of halogens is 1. The Morgan fingerprint density at radius 1 is 1.39 bits per heavy atom. The van der Waals surface area contributed by atoms with E-state index in [-0.39, 0.29) is 0 Å². The highest BCUT2D eigenvalue weighted by Crippen LogP contribution is 2.32. The zero-order valence-corrected chi connectivity index (χ0v) is 11.5. The second kappa shape index (κ2) is 5.79. The van der Waals surface area contributed by atoms with Crippen molar-refractivity contribution in [2.45, 2.75) is 45.6 Å². The summed E-state index contributed by atoms with van der Waals surface area (Å²) in [7, 11) is 0. The lowest BCUT2D eigenvalue weighted by Crippen LogP contribution is -2.20. The molecular weight excluding hydrogens is 250 g/mol. The van der Waals surface area contributed by atoms with E-state index in [4.69, 9.17) is 16.7 Å². The van der Waals surface area contributed by atoms with E-state index in [9.17, 15) is 4.79 Å². The molecule has 1 saturated carbocycles. The van der Waals surface area contributed by atoms with E-state index in [1.54, 1.807) is 10.8 Å². The van der Waals surface area contributed by atoms with Gasteiger partial charge in [0.05, 0.1) is 5.02 Å². The second-order valence-electron chi connectivity index (χ2n) is 5.30. The van der Waals surface area contributed by atoms with Gasteiger partial charge in [-0.3, -0.25) is 0 Å².